The Hall–Kier alpha value is -1.88. The third kappa shape index (κ3) is 3.72. The van der Waals surface area contributed by atoms with Crippen LogP contribution in [0.15, 0.2) is 24.3 Å². The van der Waals surface area contributed by atoms with E-state index in [1.807, 2.05) is 0 Å². The lowest BCUT2D eigenvalue weighted by Crippen LogP contribution is -2.47. The predicted octanol–water partition coefficient (Wildman–Crippen LogP) is 2.54. The molecule has 1 aliphatic heterocycles. The second-order valence-electron chi connectivity index (χ2n) is 6.63. The zero-order valence-corrected chi connectivity index (χ0v) is 13.2. The van der Waals surface area contributed by atoms with Gasteiger partial charge in [-0.2, -0.15) is 0 Å². The Balaban J connectivity index is 1.60. The van der Waals surface area contributed by atoms with Crippen LogP contribution in [0.1, 0.15) is 54.4 Å². The van der Waals surface area contributed by atoms with Gasteiger partial charge in [0.1, 0.15) is 0 Å². The first-order valence-electron chi connectivity index (χ1n) is 8.32. The molecule has 1 amide bonds. The van der Waals surface area contributed by atoms with Crippen molar-refractivity contribution in [3.63, 3.8) is 0 Å². The highest BCUT2D eigenvalue weighted by Crippen LogP contribution is 2.39. The number of hydrogen-bond acceptors (Lipinski definition) is 3. The lowest BCUT2D eigenvalue weighted by Gasteiger charge is -2.38. The fourth-order valence-electron chi connectivity index (χ4n) is 3.85. The van der Waals surface area contributed by atoms with Gasteiger partial charge in [-0.3, -0.25) is 4.79 Å². The van der Waals surface area contributed by atoms with E-state index < -0.39 is 5.97 Å². The van der Waals surface area contributed by atoms with Crippen LogP contribution in [0.5, 0.6) is 0 Å². The van der Waals surface area contributed by atoms with Crippen LogP contribution in [-0.2, 0) is 16.0 Å². The van der Waals surface area contributed by atoms with Crippen LogP contribution in [0, 0.1) is 0 Å². The third-order valence-electron chi connectivity index (χ3n) is 4.97. The molecule has 1 aliphatic carbocycles. The van der Waals surface area contributed by atoms with Crippen molar-refractivity contribution < 1.29 is 19.4 Å². The number of nitrogens with one attached hydrogen (secondary N) is 1. The number of carbonyl (C=O) groups excluding carboxylic acids is 1. The minimum atomic E-state index is -0.996. The standard InChI is InChI=1S/C18H23NO4/c20-16(11-13-5-1-2-6-15(13)17(21)22)19-14-7-10-23-18(12-14)8-3-4-9-18/h1-2,5-6,14H,3-4,7-12H2,(H,19,20)(H,21,22). The second kappa shape index (κ2) is 6.71. The number of hydrogen-bond donors (Lipinski definition) is 2. The SMILES string of the molecule is O=C(Cc1ccccc1C(=O)O)NC1CCOC2(CCCC2)C1. The van der Waals surface area contributed by atoms with Gasteiger partial charge in [0.15, 0.2) is 0 Å². The summed E-state index contributed by atoms with van der Waals surface area (Å²) in [4.78, 5) is 23.5. The molecule has 5 heteroatoms. The van der Waals surface area contributed by atoms with Crippen LogP contribution in [0.4, 0.5) is 0 Å². The van der Waals surface area contributed by atoms with Crippen LogP contribution >= 0.6 is 0 Å². The number of aromatic carboxylic acids is 1. The van der Waals surface area contributed by atoms with Crippen molar-refractivity contribution in [3.05, 3.63) is 35.4 Å². The lowest BCUT2D eigenvalue weighted by atomic mass is 9.89. The fraction of sp³-hybridized carbons (Fsp3) is 0.556. The summed E-state index contributed by atoms with van der Waals surface area (Å²) in [5, 5.41) is 12.3. The second-order valence-corrected chi connectivity index (χ2v) is 6.63. The Kier molecular flexibility index (Phi) is 4.66. The summed E-state index contributed by atoms with van der Waals surface area (Å²) in [6.45, 7) is 0.691. The predicted molar refractivity (Wildman–Crippen MR) is 85.4 cm³/mol. The van der Waals surface area contributed by atoms with Gasteiger partial charge < -0.3 is 15.2 Å². The number of amides is 1. The van der Waals surface area contributed by atoms with Crippen molar-refractivity contribution in [2.45, 2.75) is 56.6 Å². The van der Waals surface area contributed by atoms with E-state index in [0.29, 0.717) is 12.2 Å². The monoisotopic (exact) mass is 317 g/mol. The topological polar surface area (TPSA) is 75.6 Å². The molecule has 23 heavy (non-hydrogen) atoms. The fourth-order valence-corrected chi connectivity index (χ4v) is 3.85. The summed E-state index contributed by atoms with van der Waals surface area (Å²) in [7, 11) is 0. The number of benzene rings is 1. The maximum atomic E-state index is 12.3. The molecule has 124 valence electrons. The minimum Gasteiger partial charge on any atom is -0.478 e. The van der Waals surface area contributed by atoms with Crippen LogP contribution in [0.3, 0.4) is 0 Å². The van der Waals surface area contributed by atoms with Crippen molar-refractivity contribution >= 4 is 11.9 Å². The zero-order chi connectivity index (χ0) is 16.3. The smallest absolute Gasteiger partial charge is 0.335 e. The van der Waals surface area contributed by atoms with E-state index in [2.05, 4.69) is 5.32 Å². The number of carboxylic acids is 1. The van der Waals surface area contributed by atoms with Crippen molar-refractivity contribution in [2.24, 2.45) is 0 Å². The quantitative estimate of drug-likeness (QED) is 0.895. The van der Waals surface area contributed by atoms with Crippen molar-refractivity contribution in [1.29, 1.82) is 0 Å². The molecular formula is C18H23NO4. The van der Waals surface area contributed by atoms with Crippen molar-refractivity contribution in [2.75, 3.05) is 6.61 Å². The van der Waals surface area contributed by atoms with E-state index in [1.54, 1.807) is 18.2 Å². The summed E-state index contributed by atoms with van der Waals surface area (Å²) < 4.78 is 5.98. The molecule has 1 spiro atoms. The first-order valence-corrected chi connectivity index (χ1v) is 8.32. The molecule has 2 aliphatic rings. The van der Waals surface area contributed by atoms with Crippen LogP contribution < -0.4 is 5.32 Å². The maximum absolute atomic E-state index is 12.3. The Morgan fingerprint density at radius 3 is 2.74 bits per heavy atom. The van der Waals surface area contributed by atoms with Gasteiger partial charge in [0, 0.05) is 12.6 Å². The zero-order valence-electron chi connectivity index (χ0n) is 13.2. The average Bonchev–Trinajstić information content (AvgIpc) is 2.95. The van der Waals surface area contributed by atoms with Crippen LogP contribution in [-0.4, -0.2) is 35.2 Å². The number of carboxylic acid groups (broad SMARTS) is 1. The van der Waals surface area contributed by atoms with E-state index >= 15 is 0 Å². The van der Waals surface area contributed by atoms with Gasteiger partial charge in [-0.25, -0.2) is 4.79 Å². The van der Waals surface area contributed by atoms with Gasteiger partial charge in [-0.15, -0.1) is 0 Å². The molecule has 0 bridgehead atoms. The van der Waals surface area contributed by atoms with Crippen molar-refractivity contribution in [1.82, 2.24) is 5.32 Å². The molecule has 5 nitrogen and oxygen atoms in total. The normalized spacial score (nSPS) is 22.9. The lowest BCUT2D eigenvalue weighted by molar-refractivity contribution is -0.124. The molecule has 1 aromatic carbocycles. The summed E-state index contributed by atoms with van der Waals surface area (Å²) in [5.74, 6) is -1.11. The number of carbonyl (C=O) groups is 2. The Morgan fingerprint density at radius 2 is 2.00 bits per heavy atom. The number of rotatable bonds is 4. The molecule has 2 N–H and O–H groups in total. The Labute approximate surface area is 136 Å². The molecule has 1 heterocycles. The average molecular weight is 317 g/mol. The Morgan fingerprint density at radius 1 is 1.26 bits per heavy atom. The van der Waals surface area contributed by atoms with Gasteiger partial charge >= 0.3 is 5.97 Å². The summed E-state index contributed by atoms with van der Waals surface area (Å²) in [6, 6.07) is 6.80. The van der Waals surface area contributed by atoms with Gasteiger partial charge in [-0.05, 0) is 37.3 Å². The molecular weight excluding hydrogens is 294 g/mol. The van der Waals surface area contributed by atoms with E-state index in [0.717, 1.165) is 25.7 Å². The molecule has 0 radical (unpaired) electrons. The first-order chi connectivity index (χ1) is 11.1. The highest BCUT2D eigenvalue weighted by atomic mass is 16.5. The molecule has 3 rings (SSSR count). The minimum absolute atomic E-state index is 0.0326. The molecule has 1 unspecified atom stereocenters. The molecule has 1 aromatic rings. The summed E-state index contributed by atoms with van der Waals surface area (Å²) in [6.07, 6.45) is 6.38. The summed E-state index contributed by atoms with van der Waals surface area (Å²) in [5.41, 5.74) is 0.719. The highest BCUT2D eigenvalue weighted by Gasteiger charge is 2.40. The van der Waals surface area contributed by atoms with Gasteiger partial charge in [0.25, 0.3) is 0 Å². The summed E-state index contributed by atoms with van der Waals surface area (Å²) >= 11 is 0. The van der Waals surface area contributed by atoms with Gasteiger partial charge in [0.05, 0.1) is 17.6 Å². The first kappa shape index (κ1) is 16.0. The Bertz CT molecular complexity index is 592. The van der Waals surface area contributed by atoms with E-state index in [1.165, 1.54) is 18.9 Å². The van der Waals surface area contributed by atoms with Crippen LogP contribution in [0.2, 0.25) is 0 Å². The van der Waals surface area contributed by atoms with E-state index in [-0.39, 0.29) is 29.5 Å². The molecule has 0 aromatic heterocycles. The van der Waals surface area contributed by atoms with Crippen molar-refractivity contribution in [3.8, 4) is 0 Å². The third-order valence-corrected chi connectivity index (χ3v) is 4.97. The molecule has 1 atom stereocenters. The molecule has 2 fully saturated rings. The molecule has 1 saturated heterocycles. The highest BCUT2D eigenvalue weighted by molar-refractivity contribution is 5.91. The molecule has 1 saturated carbocycles. The van der Waals surface area contributed by atoms with Gasteiger partial charge in [-0.1, -0.05) is 31.0 Å². The van der Waals surface area contributed by atoms with Gasteiger partial charge in [0.2, 0.25) is 5.91 Å². The van der Waals surface area contributed by atoms with E-state index in [4.69, 9.17) is 4.74 Å². The maximum Gasteiger partial charge on any atom is 0.335 e. The van der Waals surface area contributed by atoms with E-state index in [9.17, 15) is 14.7 Å². The van der Waals surface area contributed by atoms with Crippen LogP contribution in [0.25, 0.3) is 0 Å². The largest absolute Gasteiger partial charge is 0.478 e. The number of ether oxygens (including phenoxy) is 1.